The van der Waals surface area contributed by atoms with E-state index in [1.54, 1.807) is 7.05 Å². The summed E-state index contributed by atoms with van der Waals surface area (Å²) in [5.74, 6) is -0.0677. The van der Waals surface area contributed by atoms with Gasteiger partial charge in [0.2, 0.25) is 11.8 Å². The molecule has 2 N–H and O–H groups in total. The van der Waals surface area contributed by atoms with Crippen molar-refractivity contribution in [3.63, 3.8) is 0 Å². The van der Waals surface area contributed by atoms with Crippen LogP contribution in [0.25, 0.3) is 0 Å². The van der Waals surface area contributed by atoms with E-state index < -0.39 is 0 Å². The molecule has 0 saturated carbocycles. The standard InChI is InChI=1S/C9H17N3O3/c1-11-6-9(14)12(7-8(11)13)3-5-15-4-2-10/h2-7,10H2,1H3. The number of carbonyl (C=O) groups excluding carboxylic acids is 2. The average Bonchev–Trinajstić information content (AvgIpc) is 2.20. The van der Waals surface area contributed by atoms with Gasteiger partial charge in [0.1, 0.15) is 0 Å². The fraction of sp³-hybridized carbons (Fsp3) is 0.778. The predicted octanol–water partition coefficient (Wildman–Crippen LogP) is -1.74. The van der Waals surface area contributed by atoms with Crippen molar-refractivity contribution in [3.8, 4) is 0 Å². The number of carbonyl (C=O) groups is 2. The third-order valence-electron chi connectivity index (χ3n) is 2.24. The largest absolute Gasteiger partial charge is 0.378 e. The Hall–Kier alpha value is -1.14. The first-order valence-electron chi connectivity index (χ1n) is 4.94. The molecule has 1 fully saturated rings. The van der Waals surface area contributed by atoms with Crippen molar-refractivity contribution in [1.82, 2.24) is 9.80 Å². The summed E-state index contributed by atoms with van der Waals surface area (Å²) in [5, 5.41) is 0. The molecule has 0 aliphatic carbocycles. The zero-order valence-electron chi connectivity index (χ0n) is 8.94. The first kappa shape index (κ1) is 11.9. The molecule has 15 heavy (non-hydrogen) atoms. The molecular formula is C9H17N3O3. The van der Waals surface area contributed by atoms with Gasteiger partial charge in [0.05, 0.1) is 26.3 Å². The number of hydrogen-bond acceptors (Lipinski definition) is 4. The molecule has 2 amide bonds. The summed E-state index contributed by atoms with van der Waals surface area (Å²) >= 11 is 0. The molecule has 0 atom stereocenters. The van der Waals surface area contributed by atoms with Crippen molar-refractivity contribution in [2.45, 2.75) is 0 Å². The number of nitrogens with zero attached hydrogens (tertiary/aromatic N) is 2. The van der Waals surface area contributed by atoms with Crippen LogP contribution in [0.15, 0.2) is 0 Å². The smallest absolute Gasteiger partial charge is 0.242 e. The lowest BCUT2D eigenvalue weighted by Crippen LogP contribution is -2.52. The third-order valence-corrected chi connectivity index (χ3v) is 2.24. The molecule has 1 aliphatic heterocycles. The Balaban J connectivity index is 2.29. The second-order valence-electron chi connectivity index (χ2n) is 3.47. The Bertz CT molecular complexity index is 245. The molecule has 6 heteroatoms. The Morgan fingerprint density at radius 1 is 1.27 bits per heavy atom. The molecule has 0 radical (unpaired) electrons. The zero-order chi connectivity index (χ0) is 11.3. The minimum absolute atomic E-state index is 0.0338. The van der Waals surface area contributed by atoms with Crippen molar-refractivity contribution in [2.75, 3.05) is 46.4 Å². The van der Waals surface area contributed by atoms with Crippen LogP contribution in [-0.4, -0.2) is 68.1 Å². The molecule has 0 spiro atoms. The van der Waals surface area contributed by atoms with Gasteiger partial charge in [-0.1, -0.05) is 0 Å². The van der Waals surface area contributed by atoms with E-state index in [0.717, 1.165) is 0 Å². The summed E-state index contributed by atoms with van der Waals surface area (Å²) in [6.45, 7) is 2.15. The fourth-order valence-electron chi connectivity index (χ4n) is 1.33. The van der Waals surface area contributed by atoms with Crippen LogP contribution in [0.5, 0.6) is 0 Å². The SMILES string of the molecule is CN1CC(=O)N(CCOCCN)CC1=O. The Morgan fingerprint density at radius 2 is 2.00 bits per heavy atom. The number of hydrogen-bond donors (Lipinski definition) is 1. The highest BCUT2D eigenvalue weighted by Gasteiger charge is 2.26. The minimum atomic E-state index is -0.0339. The summed E-state index contributed by atoms with van der Waals surface area (Å²) < 4.78 is 5.15. The predicted molar refractivity (Wildman–Crippen MR) is 54.1 cm³/mol. The third kappa shape index (κ3) is 3.49. The maximum Gasteiger partial charge on any atom is 0.242 e. The zero-order valence-corrected chi connectivity index (χ0v) is 8.94. The number of ether oxygens (including phenoxy) is 1. The van der Waals surface area contributed by atoms with E-state index in [9.17, 15) is 9.59 Å². The van der Waals surface area contributed by atoms with E-state index >= 15 is 0 Å². The van der Waals surface area contributed by atoms with Crippen LogP contribution in [0.3, 0.4) is 0 Å². The normalized spacial score (nSPS) is 17.5. The van der Waals surface area contributed by atoms with Gasteiger partial charge >= 0.3 is 0 Å². The van der Waals surface area contributed by atoms with Gasteiger partial charge in [-0.2, -0.15) is 0 Å². The van der Waals surface area contributed by atoms with Crippen LogP contribution >= 0.6 is 0 Å². The number of likely N-dealkylation sites (N-methyl/N-ethyl adjacent to an activating group) is 1. The quantitative estimate of drug-likeness (QED) is 0.552. The molecular weight excluding hydrogens is 198 g/mol. The molecule has 1 saturated heterocycles. The van der Waals surface area contributed by atoms with Gasteiger partial charge in [0.15, 0.2) is 0 Å². The van der Waals surface area contributed by atoms with E-state index in [1.807, 2.05) is 0 Å². The number of amides is 2. The fourth-order valence-corrected chi connectivity index (χ4v) is 1.33. The molecule has 6 nitrogen and oxygen atoms in total. The molecule has 0 aromatic carbocycles. The van der Waals surface area contributed by atoms with Crippen LogP contribution < -0.4 is 5.73 Å². The average molecular weight is 215 g/mol. The highest BCUT2D eigenvalue weighted by atomic mass is 16.5. The lowest BCUT2D eigenvalue weighted by molar-refractivity contribution is -0.149. The van der Waals surface area contributed by atoms with Crippen molar-refractivity contribution in [3.05, 3.63) is 0 Å². The van der Waals surface area contributed by atoms with E-state index in [0.29, 0.717) is 26.3 Å². The monoisotopic (exact) mass is 215 g/mol. The molecule has 86 valence electrons. The highest BCUT2D eigenvalue weighted by molar-refractivity contribution is 5.92. The molecule has 0 aromatic rings. The van der Waals surface area contributed by atoms with Gasteiger partial charge in [0, 0.05) is 20.1 Å². The number of rotatable bonds is 5. The maximum atomic E-state index is 11.5. The highest BCUT2D eigenvalue weighted by Crippen LogP contribution is 2.01. The van der Waals surface area contributed by atoms with Gasteiger partial charge in [0.25, 0.3) is 0 Å². The summed E-state index contributed by atoms with van der Waals surface area (Å²) in [5.41, 5.74) is 5.25. The first-order valence-corrected chi connectivity index (χ1v) is 4.94. The molecule has 0 aromatic heterocycles. The van der Waals surface area contributed by atoms with Crippen LogP contribution in [0.1, 0.15) is 0 Å². The maximum absolute atomic E-state index is 11.5. The van der Waals surface area contributed by atoms with Gasteiger partial charge in [-0.25, -0.2) is 0 Å². The van der Waals surface area contributed by atoms with Crippen molar-refractivity contribution < 1.29 is 14.3 Å². The Kier molecular flexibility index (Phi) is 4.51. The number of piperazine rings is 1. The lowest BCUT2D eigenvalue weighted by Gasteiger charge is -2.31. The molecule has 0 unspecified atom stereocenters. The van der Waals surface area contributed by atoms with E-state index in [1.165, 1.54) is 9.80 Å². The Labute approximate surface area is 88.9 Å². The van der Waals surface area contributed by atoms with Crippen molar-refractivity contribution >= 4 is 11.8 Å². The molecule has 0 bridgehead atoms. The van der Waals surface area contributed by atoms with E-state index in [4.69, 9.17) is 10.5 Å². The van der Waals surface area contributed by atoms with Gasteiger partial charge in [-0.15, -0.1) is 0 Å². The lowest BCUT2D eigenvalue weighted by atomic mass is 10.3. The van der Waals surface area contributed by atoms with Gasteiger partial charge in [-0.3, -0.25) is 9.59 Å². The molecule has 1 heterocycles. The van der Waals surface area contributed by atoms with Crippen LogP contribution in [0.4, 0.5) is 0 Å². The first-order chi connectivity index (χ1) is 7.15. The van der Waals surface area contributed by atoms with Crippen LogP contribution in [0.2, 0.25) is 0 Å². The Morgan fingerprint density at radius 3 is 2.67 bits per heavy atom. The summed E-state index contributed by atoms with van der Waals surface area (Å²) in [6.07, 6.45) is 0. The second kappa shape index (κ2) is 5.67. The topological polar surface area (TPSA) is 75.9 Å². The minimum Gasteiger partial charge on any atom is -0.378 e. The van der Waals surface area contributed by atoms with Crippen LogP contribution in [0, 0.1) is 0 Å². The van der Waals surface area contributed by atoms with Crippen molar-refractivity contribution in [1.29, 1.82) is 0 Å². The van der Waals surface area contributed by atoms with Crippen LogP contribution in [-0.2, 0) is 14.3 Å². The summed E-state index contributed by atoms with van der Waals surface area (Å²) in [6, 6.07) is 0. The summed E-state index contributed by atoms with van der Waals surface area (Å²) in [7, 11) is 1.63. The molecule has 1 aliphatic rings. The van der Waals surface area contributed by atoms with Gasteiger partial charge < -0.3 is 20.3 Å². The second-order valence-corrected chi connectivity index (χ2v) is 3.47. The van der Waals surface area contributed by atoms with Crippen molar-refractivity contribution in [2.24, 2.45) is 5.73 Å². The number of nitrogens with two attached hydrogens (primary N) is 1. The summed E-state index contributed by atoms with van der Waals surface area (Å²) in [4.78, 5) is 25.7. The van der Waals surface area contributed by atoms with E-state index in [-0.39, 0.29) is 24.9 Å². The van der Waals surface area contributed by atoms with Gasteiger partial charge in [-0.05, 0) is 0 Å². The molecule has 1 rings (SSSR count). The van der Waals surface area contributed by atoms with E-state index in [2.05, 4.69) is 0 Å².